The quantitative estimate of drug-likeness (QED) is 0.430. The predicted molar refractivity (Wildman–Crippen MR) is 98.4 cm³/mol. The van der Waals surface area contributed by atoms with E-state index in [4.69, 9.17) is 11.5 Å². The fraction of sp³-hybridized carbons (Fsp3) is 0. The minimum atomic E-state index is -0.0641. The molecule has 2 heterocycles. The molecule has 0 amide bonds. The molecular weight excluding hydrogens is 300 g/mol. The number of benzene rings is 1. The van der Waals surface area contributed by atoms with Crippen LogP contribution < -0.4 is 11.5 Å². The van der Waals surface area contributed by atoms with Crippen LogP contribution in [0.5, 0.6) is 0 Å². The Balaban J connectivity index is 1.79. The second kappa shape index (κ2) is 7.15. The number of aromatic nitrogens is 2. The third-order valence-corrected chi connectivity index (χ3v) is 3.40. The zero-order valence-electron chi connectivity index (χ0n) is 13.0. The molecule has 3 aromatic rings. The Kier molecular flexibility index (Phi) is 4.57. The first-order chi connectivity index (χ1) is 11.7. The SMILES string of the molecule is NC(N)=N/N=C/C=C/c1cccn1-c1ccc(-n2cccc2)cc1. The Labute approximate surface area is 140 Å². The zero-order chi connectivity index (χ0) is 16.8. The third-order valence-electron chi connectivity index (χ3n) is 3.40. The van der Waals surface area contributed by atoms with E-state index >= 15 is 0 Å². The summed E-state index contributed by atoms with van der Waals surface area (Å²) < 4.78 is 4.16. The van der Waals surface area contributed by atoms with Gasteiger partial charge in [0.1, 0.15) is 0 Å². The summed E-state index contributed by atoms with van der Waals surface area (Å²) in [5, 5.41) is 7.27. The molecule has 6 heteroatoms. The van der Waals surface area contributed by atoms with Crippen LogP contribution in [0.25, 0.3) is 17.5 Å². The van der Waals surface area contributed by atoms with Gasteiger partial charge >= 0.3 is 0 Å². The molecular formula is C18H18N6. The molecule has 6 nitrogen and oxygen atoms in total. The number of guanidine groups is 1. The lowest BCUT2D eigenvalue weighted by atomic mass is 10.2. The molecule has 24 heavy (non-hydrogen) atoms. The van der Waals surface area contributed by atoms with E-state index in [9.17, 15) is 0 Å². The summed E-state index contributed by atoms with van der Waals surface area (Å²) in [6.07, 6.45) is 11.3. The van der Waals surface area contributed by atoms with Gasteiger partial charge in [-0.2, -0.15) is 5.10 Å². The van der Waals surface area contributed by atoms with Crippen LogP contribution in [0.3, 0.4) is 0 Å². The molecule has 1 aromatic carbocycles. The van der Waals surface area contributed by atoms with E-state index in [1.807, 2.05) is 48.9 Å². The van der Waals surface area contributed by atoms with Crippen molar-refractivity contribution in [3.05, 3.63) is 78.9 Å². The van der Waals surface area contributed by atoms with Crippen molar-refractivity contribution >= 4 is 18.3 Å². The Morgan fingerprint density at radius 3 is 2.29 bits per heavy atom. The van der Waals surface area contributed by atoms with Gasteiger partial charge in [0.05, 0.1) is 0 Å². The molecule has 0 aliphatic carbocycles. The van der Waals surface area contributed by atoms with Gasteiger partial charge in [0, 0.05) is 41.9 Å². The fourth-order valence-electron chi connectivity index (χ4n) is 2.34. The van der Waals surface area contributed by atoms with Gasteiger partial charge in [0.25, 0.3) is 0 Å². The van der Waals surface area contributed by atoms with Crippen molar-refractivity contribution in [2.75, 3.05) is 0 Å². The smallest absolute Gasteiger partial charge is 0.211 e. The van der Waals surface area contributed by atoms with Crippen molar-refractivity contribution in [3.63, 3.8) is 0 Å². The minimum absolute atomic E-state index is 0.0641. The molecule has 120 valence electrons. The highest BCUT2D eigenvalue weighted by molar-refractivity contribution is 5.80. The summed E-state index contributed by atoms with van der Waals surface area (Å²) in [5.41, 5.74) is 13.6. The number of rotatable bonds is 5. The molecule has 3 rings (SSSR count). The van der Waals surface area contributed by atoms with Gasteiger partial charge in [-0.1, -0.05) is 0 Å². The van der Waals surface area contributed by atoms with E-state index in [0.717, 1.165) is 17.1 Å². The van der Waals surface area contributed by atoms with Crippen molar-refractivity contribution in [3.8, 4) is 11.4 Å². The van der Waals surface area contributed by atoms with Gasteiger partial charge in [-0.05, 0) is 60.7 Å². The molecule has 0 bridgehead atoms. The maximum absolute atomic E-state index is 5.20. The lowest BCUT2D eigenvalue weighted by molar-refractivity contribution is 1.04. The van der Waals surface area contributed by atoms with E-state index in [1.165, 1.54) is 6.21 Å². The highest BCUT2D eigenvalue weighted by atomic mass is 15.3. The van der Waals surface area contributed by atoms with Gasteiger partial charge in [-0.15, -0.1) is 5.10 Å². The Morgan fingerprint density at radius 2 is 1.58 bits per heavy atom. The molecule has 0 atom stereocenters. The number of hydrogen-bond donors (Lipinski definition) is 2. The fourth-order valence-corrected chi connectivity index (χ4v) is 2.34. The van der Waals surface area contributed by atoms with Gasteiger partial charge in [-0.3, -0.25) is 0 Å². The number of nitrogens with two attached hydrogens (primary N) is 2. The molecule has 0 radical (unpaired) electrons. The number of hydrogen-bond acceptors (Lipinski definition) is 2. The summed E-state index contributed by atoms with van der Waals surface area (Å²) in [6.45, 7) is 0. The van der Waals surface area contributed by atoms with Crippen LogP contribution in [-0.4, -0.2) is 21.3 Å². The average Bonchev–Trinajstić information content (AvgIpc) is 3.26. The summed E-state index contributed by atoms with van der Waals surface area (Å²) in [4.78, 5) is 0. The minimum Gasteiger partial charge on any atom is -0.369 e. The summed E-state index contributed by atoms with van der Waals surface area (Å²) >= 11 is 0. The lowest BCUT2D eigenvalue weighted by Crippen LogP contribution is -2.21. The van der Waals surface area contributed by atoms with Crippen LogP contribution in [0.1, 0.15) is 5.69 Å². The molecule has 0 fully saturated rings. The van der Waals surface area contributed by atoms with E-state index in [2.05, 4.69) is 43.6 Å². The molecule has 4 N–H and O–H groups in total. The predicted octanol–water partition coefficient (Wildman–Crippen LogP) is 2.54. The largest absolute Gasteiger partial charge is 0.369 e. The van der Waals surface area contributed by atoms with Crippen LogP contribution in [0.15, 0.2) is 83.4 Å². The first kappa shape index (κ1) is 15.4. The van der Waals surface area contributed by atoms with Gasteiger partial charge in [0.15, 0.2) is 0 Å². The second-order valence-corrected chi connectivity index (χ2v) is 5.06. The Bertz CT molecular complexity index is 863. The standard InChI is InChI=1S/C18H18N6/c19-18(20)22-21-11-3-5-16-6-4-14-24(16)17-9-7-15(8-10-17)23-12-1-2-13-23/h1-14H,(H4,19,20,22)/b5-3+,21-11+. The normalized spacial score (nSPS) is 11.3. The van der Waals surface area contributed by atoms with Gasteiger partial charge in [-0.25, -0.2) is 0 Å². The van der Waals surface area contributed by atoms with Crippen LogP contribution in [0.4, 0.5) is 0 Å². The Hall–Kier alpha value is -3.54. The zero-order valence-corrected chi connectivity index (χ0v) is 13.0. The van der Waals surface area contributed by atoms with E-state index in [0.29, 0.717) is 0 Å². The molecule has 2 aromatic heterocycles. The first-order valence-corrected chi connectivity index (χ1v) is 7.44. The molecule has 0 saturated carbocycles. The van der Waals surface area contributed by atoms with E-state index < -0.39 is 0 Å². The topological polar surface area (TPSA) is 86.6 Å². The third kappa shape index (κ3) is 3.61. The summed E-state index contributed by atoms with van der Waals surface area (Å²) in [7, 11) is 0. The average molecular weight is 318 g/mol. The highest BCUT2D eigenvalue weighted by Gasteiger charge is 2.01. The van der Waals surface area contributed by atoms with Crippen LogP contribution in [0, 0.1) is 0 Å². The molecule has 0 spiro atoms. The molecule has 0 aliphatic rings. The number of allylic oxidation sites excluding steroid dienone is 1. The summed E-state index contributed by atoms with van der Waals surface area (Å²) in [5.74, 6) is -0.0641. The Morgan fingerprint density at radius 1 is 0.875 bits per heavy atom. The molecule has 0 saturated heterocycles. The van der Waals surface area contributed by atoms with Crippen LogP contribution in [-0.2, 0) is 0 Å². The molecule has 0 aliphatic heterocycles. The lowest BCUT2D eigenvalue weighted by Gasteiger charge is -2.08. The van der Waals surface area contributed by atoms with Gasteiger partial charge < -0.3 is 20.6 Å². The monoisotopic (exact) mass is 318 g/mol. The van der Waals surface area contributed by atoms with Crippen molar-refractivity contribution in [2.45, 2.75) is 0 Å². The van der Waals surface area contributed by atoms with E-state index in [-0.39, 0.29) is 5.96 Å². The first-order valence-electron chi connectivity index (χ1n) is 7.44. The van der Waals surface area contributed by atoms with Crippen molar-refractivity contribution in [1.82, 2.24) is 9.13 Å². The number of nitrogens with zero attached hydrogens (tertiary/aromatic N) is 4. The molecule has 0 unspecified atom stereocenters. The van der Waals surface area contributed by atoms with Gasteiger partial charge in [0.2, 0.25) is 5.96 Å². The van der Waals surface area contributed by atoms with Crippen molar-refractivity contribution < 1.29 is 0 Å². The van der Waals surface area contributed by atoms with Crippen molar-refractivity contribution in [1.29, 1.82) is 0 Å². The van der Waals surface area contributed by atoms with E-state index in [1.54, 1.807) is 6.08 Å². The van der Waals surface area contributed by atoms with Crippen LogP contribution >= 0.6 is 0 Å². The maximum atomic E-state index is 5.20. The highest BCUT2D eigenvalue weighted by Crippen LogP contribution is 2.17. The second-order valence-electron chi connectivity index (χ2n) is 5.06. The van der Waals surface area contributed by atoms with Crippen molar-refractivity contribution in [2.24, 2.45) is 21.7 Å². The van der Waals surface area contributed by atoms with Crippen LogP contribution in [0.2, 0.25) is 0 Å². The maximum Gasteiger partial charge on any atom is 0.211 e. The summed E-state index contributed by atoms with van der Waals surface area (Å²) in [6, 6.07) is 16.4.